The fraction of sp³-hybridized carbons (Fsp3) is 0.417. The number of fused-ring (bicyclic) bond motifs is 1. The molecule has 1 spiro atoms. The van der Waals surface area contributed by atoms with Gasteiger partial charge in [-0.25, -0.2) is 0 Å². The highest BCUT2D eigenvalue weighted by molar-refractivity contribution is 6.32. The number of rotatable bonds is 5. The number of carbonyl (C=O) groups is 2. The van der Waals surface area contributed by atoms with E-state index < -0.39 is 5.60 Å². The Bertz CT molecular complexity index is 982. The first kappa shape index (κ1) is 22.0. The summed E-state index contributed by atoms with van der Waals surface area (Å²) >= 11 is 12.0. The van der Waals surface area contributed by atoms with Gasteiger partial charge in [0.2, 0.25) is 5.91 Å². The molecule has 0 atom stereocenters. The molecule has 2 heterocycles. The molecule has 0 N–H and O–H groups in total. The van der Waals surface area contributed by atoms with Gasteiger partial charge in [-0.3, -0.25) is 9.59 Å². The first-order valence-electron chi connectivity index (χ1n) is 10.5. The lowest BCUT2D eigenvalue weighted by atomic mass is 9.82. The molecule has 0 unspecified atom stereocenters. The van der Waals surface area contributed by atoms with Crippen LogP contribution in [0, 0.1) is 6.92 Å². The number of ether oxygens (including phenoxy) is 2. The molecule has 31 heavy (non-hydrogen) atoms. The fourth-order valence-electron chi connectivity index (χ4n) is 4.16. The van der Waals surface area contributed by atoms with Gasteiger partial charge in [0.25, 0.3) is 0 Å². The van der Waals surface area contributed by atoms with E-state index in [0.29, 0.717) is 73.2 Å². The summed E-state index contributed by atoms with van der Waals surface area (Å²) in [6, 6.07) is 10.7. The number of aryl methyl sites for hydroxylation is 1. The second-order valence-corrected chi connectivity index (χ2v) is 9.11. The van der Waals surface area contributed by atoms with Crippen molar-refractivity contribution in [1.29, 1.82) is 0 Å². The van der Waals surface area contributed by atoms with Gasteiger partial charge in [-0.05, 0) is 55.3 Å². The highest BCUT2D eigenvalue weighted by atomic mass is 35.5. The molecule has 5 nitrogen and oxygen atoms in total. The third-order valence-electron chi connectivity index (χ3n) is 6.02. The van der Waals surface area contributed by atoms with Crippen LogP contribution in [-0.2, 0) is 4.79 Å². The minimum atomic E-state index is -0.529. The van der Waals surface area contributed by atoms with Gasteiger partial charge < -0.3 is 14.4 Å². The predicted molar refractivity (Wildman–Crippen MR) is 120 cm³/mol. The third-order valence-corrected chi connectivity index (χ3v) is 6.67. The number of likely N-dealkylation sites (tertiary alicyclic amines) is 1. The lowest BCUT2D eigenvalue weighted by molar-refractivity contribution is -0.135. The van der Waals surface area contributed by atoms with E-state index in [1.54, 1.807) is 18.2 Å². The average Bonchev–Trinajstić information content (AvgIpc) is 2.74. The smallest absolute Gasteiger partial charge is 0.222 e. The number of hydrogen-bond donors (Lipinski definition) is 0. The van der Waals surface area contributed by atoms with Crippen LogP contribution in [0.5, 0.6) is 11.5 Å². The van der Waals surface area contributed by atoms with Crippen molar-refractivity contribution in [2.24, 2.45) is 0 Å². The van der Waals surface area contributed by atoms with Gasteiger partial charge >= 0.3 is 0 Å². The predicted octanol–water partition coefficient (Wildman–Crippen LogP) is 5.49. The summed E-state index contributed by atoms with van der Waals surface area (Å²) in [7, 11) is 0. The van der Waals surface area contributed by atoms with Crippen molar-refractivity contribution < 1.29 is 19.1 Å². The van der Waals surface area contributed by atoms with Crippen molar-refractivity contribution in [3.05, 3.63) is 57.6 Å². The molecule has 2 aliphatic rings. The van der Waals surface area contributed by atoms with E-state index in [1.807, 2.05) is 30.0 Å². The van der Waals surface area contributed by atoms with Gasteiger partial charge in [-0.15, -0.1) is 0 Å². The normalized spacial score (nSPS) is 17.3. The SMILES string of the molecule is Cc1cc2c(cc1Cl)C(=O)CC1(CCN(C(=O)CCCOc3ccc(Cl)cc3)CC1)O2. The van der Waals surface area contributed by atoms with Gasteiger partial charge in [0, 0.05) is 42.4 Å². The molecule has 4 rings (SSSR count). The Morgan fingerprint density at radius 3 is 2.58 bits per heavy atom. The molecule has 0 aliphatic carbocycles. The van der Waals surface area contributed by atoms with Crippen LogP contribution in [0.2, 0.25) is 10.0 Å². The molecule has 7 heteroatoms. The fourth-order valence-corrected chi connectivity index (χ4v) is 4.45. The number of amides is 1. The van der Waals surface area contributed by atoms with E-state index in [0.717, 1.165) is 11.3 Å². The summed E-state index contributed by atoms with van der Waals surface area (Å²) in [6.45, 7) is 3.55. The zero-order valence-corrected chi connectivity index (χ0v) is 19.0. The number of benzene rings is 2. The van der Waals surface area contributed by atoms with Crippen molar-refractivity contribution in [2.45, 2.75) is 44.6 Å². The molecule has 0 bridgehead atoms. The lowest BCUT2D eigenvalue weighted by Gasteiger charge is -2.44. The third kappa shape index (κ3) is 4.99. The zero-order chi connectivity index (χ0) is 22.0. The van der Waals surface area contributed by atoms with Gasteiger partial charge in [0.05, 0.1) is 18.6 Å². The number of piperidine rings is 1. The van der Waals surface area contributed by atoms with Crippen molar-refractivity contribution in [3.8, 4) is 11.5 Å². The number of Topliss-reactive ketones (excluding diaryl/α,β-unsaturated/α-hetero) is 1. The Labute approximate surface area is 192 Å². The van der Waals surface area contributed by atoms with Crippen molar-refractivity contribution >= 4 is 34.9 Å². The molecule has 0 radical (unpaired) electrons. The quantitative estimate of drug-likeness (QED) is 0.552. The molecule has 2 aliphatic heterocycles. The molecular formula is C24H25Cl2NO4. The summed E-state index contributed by atoms with van der Waals surface area (Å²) in [4.78, 5) is 27.2. The van der Waals surface area contributed by atoms with Crippen LogP contribution >= 0.6 is 23.2 Å². The summed E-state index contributed by atoms with van der Waals surface area (Å²) in [5.41, 5.74) is 0.915. The Kier molecular flexibility index (Phi) is 6.44. The van der Waals surface area contributed by atoms with Gasteiger partial charge in [-0.1, -0.05) is 23.2 Å². The van der Waals surface area contributed by atoms with Crippen LogP contribution in [0.15, 0.2) is 36.4 Å². The second kappa shape index (κ2) is 9.09. The molecule has 164 valence electrons. The molecule has 1 saturated heterocycles. The average molecular weight is 462 g/mol. The number of carbonyl (C=O) groups excluding carboxylic acids is 2. The molecule has 1 amide bonds. The minimum absolute atomic E-state index is 0.0577. The molecule has 0 aromatic heterocycles. The van der Waals surface area contributed by atoms with E-state index in [4.69, 9.17) is 32.7 Å². The lowest BCUT2D eigenvalue weighted by Crippen LogP contribution is -2.52. The van der Waals surface area contributed by atoms with Gasteiger partial charge in [0.1, 0.15) is 17.1 Å². The number of hydrogen-bond acceptors (Lipinski definition) is 4. The van der Waals surface area contributed by atoms with E-state index in [1.165, 1.54) is 0 Å². The highest BCUT2D eigenvalue weighted by Gasteiger charge is 2.43. The molecule has 0 saturated carbocycles. The molecular weight excluding hydrogens is 437 g/mol. The Morgan fingerprint density at radius 2 is 1.87 bits per heavy atom. The molecule has 2 aromatic rings. The molecule has 2 aromatic carbocycles. The Balaban J connectivity index is 1.27. The number of ketones is 1. The van der Waals surface area contributed by atoms with Crippen LogP contribution < -0.4 is 9.47 Å². The number of nitrogens with zero attached hydrogens (tertiary/aromatic N) is 1. The summed E-state index contributed by atoms with van der Waals surface area (Å²) in [6.07, 6.45) is 2.70. The summed E-state index contributed by atoms with van der Waals surface area (Å²) < 4.78 is 12.0. The van der Waals surface area contributed by atoms with Crippen LogP contribution in [0.1, 0.15) is 48.0 Å². The second-order valence-electron chi connectivity index (χ2n) is 8.27. The maximum absolute atomic E-state index is 12.7. The van der Waals surface area contributed by atoms with Crippen LogP contribution in [0.25, 0.3) is 0 Å². The summed E-state index contributed by atoms with van der Waals surface area (Å²) in [5.74, 6) is 1.52. The topological polar surface area (TPSA) is 55.8 Å². The maximum atomic E-state index is 12.7. The van der Waals surface area contributed by atoms with E-state index >= 15 is 0 Å². The van der Waals surface area contributed by atoms with Gasteiger partial charge in [0.15, 0.2) is 5.78 Å². The monoisotopic (exact) mass is 461 g/mol. The maximum Gasteiger partial charge on any atom is 0.222 e. The Morgan fingerprint density at radius 1 is 1.16 bits per heavy atom. The summed E-state index contributed by atoms with van der Waals surface area (Å²) in [5, 5.41) is 1.24. The molecule has 1 fully saturated rings. The van der Waals surface area contributed by atoms with Crippen LogP contribution in [0.3, 0.4) is 0 Å². The van der Waals surface area contributed by atoms with E-state index in [-0.39, 0.29) is 11.7 Å². The zero-order valence-electron chi connectivity index (χ0n) is 17.5. The minimum Gasteiger partial charge on any atom is -0.494 e. The largest absolute Gasteiger partial charge is 0.494 e. The van der Waals surface area contributed by atoms with E-state index in [2.05, 4.69) is 0 Å². The van der Waals surface area contributed by atoms with Crippen LogP contribution in [-0.4, -0.2) is 41.9 Å². The van der Waals surface area contributed by atoms with Crippen LogP contribution in [0.4, 0.5) is 0 Å². The van der Waals surface area contributed by atoms with Crippen molar-refractivity contribution in [2.75, 3.05) is 19.7 Å². The highest BCUT2D eigenvalue weighted by Crippen LogP contribution is 2.41. The first-order valence-corrected chi connectivity index (χ1v) is 11.3. The van der Waals surface area contributed by atoms with E-state index in [9.17, 15) is 9.59 Å². The Hall–Kier alpha value is -2.24. The van der Waals surface area contributed by atoms with Gasteiger partial charge in [-0.2, -0.15) is 0 Å². The standard InChI is InChI=1S/C24H25Cl2NO4/c1-16-13-22-19(14-20(16)26)21(28)15-24(31-22)8-10-27(11-9-24)23(29)3-2-12-30-18-6-4-17(25)5-7-18/h4-7,13-14H,2-3,8-12,15H2,1H3. The van der Waals surface area contributed by atoms with Crippen molar-refractivity contribution in [3.63, 3.8) is 0 Å². The first-order chi connectivity index (χ1) is 14.8. The number of halogens is 2. The van der Waals surface area contributed by atoms with Crippen molar-refractivity contribution in [1.82, 2.24) is 4.90 Å².